The van der Waals surface area contributed by atoms with Crippen LogP contribution in [0.5, 0.6) is 11.8 Å². The zero-order valence-corrected chi connectivity index (χ0v) is 12.3. The molecule has 1 aromatic heterocycles. The molecule has 0 radical (unpaired) electrons. The molecule has 2 N–H and O–H groups in total. The molecule has 2 rings (SSSR count). The third-order valence-electron chi connectivity index (χ3n) is 3.71. The molecule has 112 valence electrons. The normalized spacial score (nSPS) is 15.3. The SMILES string of the molecule is COc1cc(OC)nc(N(CCCN)C2CCCC2)n1. The van der Waals surface area contributed by atoms with Gasteiger partial charge in [-0.2, -0.15) is 9.97 Å². The van der Waals surface area contributed by atoms with Crippen LogP contribution in [0.1, 0.15) is 32.1 Å². The Bertz CT molecular complexity index is 399. The minimum absolute atomic E-state index is 0.498. The van der Waals surface area contributed by atoms with E-state index in [1.807, 2.05) is 0 Å². The van der Waals surface area contributed by atoms with Crippen LogP contribution in [0.3, 0.4) is 0 Å². The van der Waals surface area contributed by atoms with Gasteiger partial charge in [-0.25, -0.2) is 0 Å². The first-order chi connectivity index (χ1) is 9.78. The van der Waals surface area contributed by atoms with Crippen LogP contribution in [0, 0.1) is 0 Å². The average molecular weight is 280 g/mol. The van der Waals surface area contributed by atoms with Gasteiger partial charge in [0.05, 0.1) is 20.3 Å². The van der Waals surface area contributed by atoms with E-state index in [0.717, 1.165) is 13.0 Å². The Morgan fingerprint density at radius 2 is 1.80 bits per heavy atom. The van der Waals surface area contributed by atoms with Crippen LogP contribution in [0.25, 0.3) is 0 Å². The molecule has 1 aliphatic rings. The van der Waals surface area contributed by atoms with Crippen molar-refractivity contribution in [3.8, 4) is 11.8 Å². The topological polar surface area (TPSA) is 73.5 Å². The van der Waals surface area contributed by atoms with E-state index >= 15 is 0 Å². The summed E-state index contributed by atoms with van der Waals surface area (Å²) in [6.07, 6.45) is 5.84. The molecule has 1 fully saturated rings. The summed E-state index contributed by atoms with van der Waals surface area (Å²) < 4.78 is 10.5. The summed E-state index contributed by atoms with van der Waals surface area (Å²) in [5.41, 5.74) is 5.65. The van der Waals surface area contributed by atoms with E-state index in [4.69, 9.17) is 15.2 Å². The van der Waals surface area contributed by atoms with Crippen LogP contribution >= 0.6 is 0 Å². The third-order valence-corrected chi connectivity index (χ3v) is 3.71. The molecule has 0 aliphatic heterocycles. The van der Waals surface area contributed by atoms with Crippen molar-refractivity contribution in [3.63, 3.8) is 0 Å². The highest BCUT2D eigenvalue weighted by Crippen LogP contribution is 2.28. The van der Waals surface area contributed by atoms with Crippen LogP contribution < -0.4 is 20.1 Å². The first-order valence-corrected chi connectivity index (χ1v) is 7.22. The molecule has 20 heavy (non-hydrogen) atoms. The van der Waals surface area contributed by atoms with Gasteiger partial charge in [-0.3, -0.25) is 0 Å². The molecular formula is C14H24N4O2. The summed E-state index contributed by atoms with van der Waals surface area (Å²) in [5.74, 6) is 1.74. The fourth-order valence-corrected chi connectivity index (χ4v) is 2.65. The van der Waals surface area contributed by atoms with Crippen molar-refractivity contribution >= 4 is 5.95 Å². The predicted molar refractivity (Wildman–Crippen MR) is 78.4 cm³/mol. The maximum absolute atomic E-state index is 5.65. The molecule has 6 heteroatoms. The van der Waals surface area contributed by atoms with Crippen LogP contribution in [0.4, 0.5) is 5.95 Å². The molecule has 6 nitrogen and oxygen atoms in total. The van der Waals surface area contributed by atoms with Crippen molar-refractivity contribution in [1.82, 2.24) is 9.97 Å². The van der Waals surface area contributed by atoms with E-state index < -0.39 is 0 Å². The standard InChI is InChI=1S/C14H24N4O2/c1-19-12-10-13(20-2)17-14(16-12)18(9-5-8-15)11-6-3-4-7-11/h10-11H,3-9,15H2,1-2H3. The number of hydrogen-bond donors (Lipinski definition) is 1. The minimum atomic E-state index is 0.498. The molecule has 0 saturated heterocycles. The Hall–Kier alpha value is -1.56. The Balaban J connectivity index is 2.25. The van der Waals surface area contributed by atoms with Gasteiger partial charge in [0, 0.05) is 12.6 Å². The number of nitrogens with two attached hydrogens (primary N) is 1. The maximum atomic E-state index is 5.65. The summed E-state index contributed by atoms with van der Waals surface area (Å²) in [5, 5.41) is 0. The van der Waals surface area contributed by atoms with Gasteiger partial charge in [0.15, 0.2) is 0 Å². The fraction of sp³-hybridized carbons (Fsp3) is 0.714. The van der Waals surface area contributed by atoms with E-state index in [1.54, 1.807) is 20.3 Å². The van der Waals surface area contributed by atoms with Crippen molar-refractivity contribution in [3.05, 3.63) is 6.07 Å². The van der Waals surface area contributed by atoms with Crippen LogP contribution in [0.15, 0.2) is 6.07 Å². The smallest absolute Gasteiger partial charge is 0.232 e. The summed E-state index contributed by atoms with van der Waals surface area (Å²) in [6, 6.07) is 2.19. The molecule has 0 atom stereocenters. The van der Waals surface area contributed by atoms with Gasteiger partial charge in [-0.05, 0) is 25.8 Å². The van der Waals surface area contributed by atoms with Crippen LogP contribution in [-0.2, 0) is 0 Å². The van der Waals surface area contributed by atoms with E-state index in [9.17, 15) is 0 Å². The monoisotopic (exact) mass is 280 g/mol. The Kier molecular flexibility index (Phi) is 5.40. The average Bonchev–Trinajstić information content (AvgIpc) is 3.01. The lowest BCUT2D eigenvalue weighted by Crippen LogP contribution is -2.36. The summed E-state index contributed by atoms with van der Waals surface area (Å²) in [6.45, 7) is 1.54. The number of anilines is 1. The van der Waals surface area contributed by atoms with Crippen molar-refractivity contribution in [2.45, 2.75) is 38.1 Å². The highest BCUT2D eigenvalue weighted by Gasteiger charge is 2.25. The molecule has 1 aromatic rings. The summed E-state index contributed by atoms with van der Waals surface area (Å²) in [7, 11) is 3.21. The lowest BCUT2D eigenvalue weighted by molar-refractivity contribution is 0.370. The highest BCUT2D eigenvalue weighted by molar-refractivity contribution is 5.38. The van der Waals surface area contributed by atoms with E-state index in [1.165, 1.54) is 25.7 Å². The van der Waals surface area contributed by atoms with E-state index in [2.05, 4.69) is 14.9 Å². The number of hydrogen-bond acceptors (Lipinski definition) is 6. The second kappa shape index (κ2) is 7.28. The number of methoxy groups -OCH3 is 2. The number of nitrogens with zero attached hydrogens (tertiary/aromatic N) is 3. The highest BCUT2D eigenvalue weighted by atomic mass is 16.5. The van der Waals surface area contributed by atoms with Gasteiger partial charge in [0.1, 0.15) is 0 Å². The fourth-order valence-electron chi connectivity index (χ4n) is 2.65. The molecule has 0 spiro atoms. The molecule has 0 amide bonds. The lowest BCUT2D eigenvalue weighted by atomic mass is 10.2. The molecule has 1 heterocycles. The van der Waals surface area contributed by atoms with Gasteiger partial charge < -0.3 is 20.1 Å². The van der Waals surface area contributed by atoms with E-state index in [0.29, 0.717) is 30.3 Å². The third kappa shape index (κ3) is 3.50. The first kappa shape index (κ1) is 14.8. The second-order valence-electron chi connectivity index (χ2n) is 5.03. The van der Waals surface area contributed by atoms with Gasteiger partial charge >= 0.3 is 0 Å². The zero-order chi connectivity index (χ0) is 14.4. The first-order valence-electron chi connectivity index (χ1n) is 7.22. The maximum Gasteiger partial charge on any atom is 0.232 e. The zero-order valence-electron chi connectivity index (χ0n) is 12.3. The van der Waals surface area contributed by atoms with Gasteiger partial charge in [0.2, 0.25) is 17.7 Å². The van der Waals surface area contributed by atoms with E-state index in [-0.39, 0.29) is 0 Å². The van der Waals surface area contributed by atoms with Crippen molar-refractivity contribution < 1.29 is 9.47 Å². The molecule has 1 aliphatic carbocycles. The second-order valence-corrected chi connectivity index (χ2v) is 5.03. The van der Waals surface area contributed by atoms with Crippen molar-refractivity contribution in [2.75, 3.05) is 32.2 Å². The summed E-state index contributed by atoms with van der Waals surface area (Å²) >= 11 is 0. The van der Waals surface area contributed by atoms with Crippen LogP contribution in [-0.4, -0.2) is 43.3 Å². The minimum Gasteiger partial charge on any atom is -0.481 e. The van der Waals surface area contributed by atoms with Gasteiger partial charge in [-0.15, -0.1) is 0 Å². The van der Waals surface area contributed by atoms with Crippen molar-refractivity contribution in [1.29, 1.82) is 0 Å². The molecule has 0 bridgehead atoms. The van der Waals surface area contributed by atoms with Gasteiger partial charge in [-0.1, -0.05) is 12.8 Å². The Labute approximate surface area is 120 Å². The lowest BCUT2D eigenvalue weighted by Gasteiger charge is -2.29. The van der Waals surface area contributed by atoms with Gasteiger partial charge in [0.25, 0.3) is 0 Å². The Morgan fingerprint density at radius 3 is 2.30 bits per heavy atom. The predicted octanol–water partition coefficient (Wildman–Crippen LogP) is 1.59. The quantitative estimate of drug-likeness (QED) is 0.817. The molecule has 0 aromatic carbocycles. The number of ether oxygens (including phenoxy) is 2. The van der Waals surface area contributed by atoms with Crippen molar-refractivity contribution in [2.24, 2.45) is 5.73 Å². The number of rotatable bonds is 7. The number of aromatic nitrogens is 2. The largest absolute Gasteiger partial charge is 0.481 e. The molecule has 1 saturated carbocycles. The summed E-state index contributed by atoms with van der Waals surface area (Å²) in [4.78, 5) is 11.2. The molecular weight excluding hydrogens is 256 g/mol. The van der Waals surface area contributed by atoms with Crippen LogP contribution in [0.2, 0.25) is 0 Å². The Morgan fingerprint density at radius 1 is 1.20 bits per heavy atom. The molecule has 0 unspecified atom stereocenters.